The highest BCUT2D eigenvalue weighted by Crippen LogP contribution is 2.27. The normalized spacial score (nSPS) is 12.7. The third-order valence-electron chi connectivity index (χ3n) is 5.52. The van der Waals surface area contributed by atoms with Crippen LogP contribution in [0.15, 0.2) is 47.0 Å². The molecule has 9 nitrogen and oxygen atoms in total. The Labute approximate surface area is 208 Å². The third kappa shape index (κ3) is 5.82. The summed E-state index contributed by atoms with van der Waals surface area (Å²) in [6.45, 7) is 5.28. The summed E-state index contributed by atoms with van der Waals surface area (Å²) in [4.78, 5) is 12.4. The number of nitrogens with two attached hydrogens (primary N) is 1. The Bertz CT molecular complexity index is 1410. The maximum atomic E-state index is 14.7. The molecule has 0 bridgehead atoms. The molecule has 37 heavy (non-hydrogen) atoms. The number of carbonyl (C=O) groups is 1. The van der Waals surface area contributed by atoms with Gasteiger partial charge in [-0.05, 0) is 29.7 Å². The van der Waals surface area contributed by atoms with E-state index in [2.05, 4.69) is 25.8 Å². The van der Waals surface area contributed by atoms with Gasteiger partial charge in [0.25, 0.3) is 5.89 Å². The Kier molecular flexibility index (Phi) is 7.07. The molecule has 2 aromatic carbocycles. The second-order valence-electron chi connectivity index (χ2n) is 9.38. The van der Waals surface area contributed by atoms with Gasteiger partial charge in [-0.15, -0.1) is 15.3 Å². The summed E-state index contributed by atoms with van der Waals surface area (Å²) in [7, 11) is 0. The van der Waals surface area contributed by atoms with Crippen molar-refractivity contribution in [2.45, 2.75) is 39.8 Å². The van der Waals surface area contributed by atoms with E-state index in [1.54, 1.807) is 24.3 Å². The van der Waals surface area contributed by atoms with Crippen LogP contribution in [0.2, 0.25) is 0 Å². The lowest BCUT2D eigenvalue weighted by Crippen LogP contribution is -2.45. The standard InChI is InChI=1S/C24H23F4N7O2/c1-24(2,3)19(29)21(36)30-14-6-4-5-12(7-14)18-11-35(34-31-18)10-15-16(25)8-13(9-17(15)26)22-32-33-23(37-22)20(27)28/h4-9,11,19-20H,10,29H2,1-3H3,(H,30,36). The number of carbonyl (C=O) groups excluding carboxylic acids is 1. The molecule has 2 aromatic heterocycles. The number of hydrogen-bond donors (Lipinski definition) is 2. The number of hydrogen-bond acceptors (Lipinski definition) is 7. The number of alkyl halides is 2. The highest BCUT2D eigenvalue weighted by Gasteiger charge is 2.27. The molecule has 0 fully saturated rings. The second kappa shape index (κ2) is 10.1. The van der Waals surface area contributed by atoms with Crippen molar-refractivity contribution in [1.82, 2.24) is 25.2 Å². The molecule has 0 aliphatic carbocycles. The van der Waals surface area contributed by atoms with Gasteiger partial charge in [-0.25, -0.2) is 13.5 Å². The van der Waals surface area contributed by atoms with Crippen LogP contribution in [0.25, 0.3) is 22.7 Å². The summed E-state index contributed by atoms with van der Waals surface area (Å²) in [6.07, 6.45) is -1.52. The Morgan fingerprint density at radius 1 is 1.08 bits per heavy atom. The first-order valence-corrected chi connectivity index (χ1v) is 11.1. The molecule has 13 heteroatoms. The molecule has 1 amide bonds. The van der Waals surface area contributed by atoms with Crippen LogP contribution in [-0.4, -0.2) is 37.1 Å². The van der Waals surface area contributed by atoms with E-state index in [0.717, 1.165) is 12.1 Å². The van der Waals surface area contributed by atoms with Gasteiger partial charge in [0.05, 0.1) is 18.8 Å². The fourth-order valence-corrected chi connectivity index (χ4v) is 3.36. The van der Waals surface area contributed by atoms with E-state index >= 15 is 0 Å². The van der Waals surface area contributed by atoms with Gasteiger partial charge in [-0.1, -0.05) is 38.1 Å². The predicted octanol–water partition coefficient (Wildman–Crippen LogP) is 4.57. The minimum atomic E-state index is -3.00. The number of halogens is 4. The lowest BCUT2D eigenvalue weighted by molar-refractivity contribution is -0.119. The molecule has 0 aliphatic rings. The van der Waals surface area contributed by atoms with E-state index < -0.39 is 41.3 Å². The maximum Gasteiger partial charge on any atom is 0.314 e. The fraction of sp³-hybridized carbons (Fsp3) is 0.292. The minimum Gasteiger partial charge on any atom is -0.415 e. The first-order valence-electron chi connectivity index (χ1n) is 11.1. The van der Waals surface area contributed by atoms with Crippen LogP contribution >= 0.6 is 0 Å². The Morgan fingerprint density at radius 2 is 1.78 bits per heavy atom. The summed E-state index contributed by atoms with van der Waals surface area (Å²) in [5, 5.41) is 17.3. The zero-order valence-corrected chi connectivity index (χ0v) is 20.0. The minimum absolute atomic E-state index is 0.178. The van der Waals surface area contributed by atoms with Gasteiger partial charge >= 0.3 is 6.43 Å². The third-order valence-corrected chi connectivity index (χ3v) is 5.52. The first kappa shape index (κ1) is 25.9. The van der Waals surface area contributed by atoms with E-state index in [1.165, 1.54) is 10.9 Å². The number of nitrogens with zero attached hydrogens (tertiary/aromatic N) is 5. The van der Waals surface area contributed by atoms with Crippen molar-refractivity contribution in [2.24, 2.45) is 11.1 Å². The van der Waals surface area contributed by atoms with Crippen LogP contribution in [-0.2, 0) is 11.3 Å². The van der Waals surface area contributed by atoms with Crippen molar-refractivity contribution in [3.8, 4) is 22.7 Å². The Morgan fingerprint density at radius 3 is 2.41 bits per heavy atom. The van der Waals surface area contributed by atoms with Gasteiger partial charge in [0, 0.05) is 22.4 Å². The molecule has 1 atom stereocenters. The van der Waals surface area contributed by atoms with Crippen molar-refractivity contribution in [2.75, 3.05) is 5.32 Å². The van der Waals surface area contributed by atoms with Crippen molar-refractivity contribution in [3.63, 3.8) is 0 Å². The number of nitrogens with one attached hydrogen (secondary N) is 1. The quantitative estimate of drug-likeness (QED) is 0.344. The van der Waals surface area contributed by atoms with Gasteiger partial charge in [0.1, 0.15) is 17.3 Å². The molecular formula is C24H23F4N7O2. The SMILES string of the molecule is CC(C)(C)C(N)C(=O)Nc1cccc(-c2cn(Cc3c(F)cc(-c4nnc(C(F)F)o4)cc3F)nn2)c1. The lowest BCUT2D eigenvalue weighted by Gasteiger charge is -2.25. The van der Waals surface area contributed by atoms with Crippen LogP contribution in [0.3, 0.4) is 0 Å². The molecule has 0 spiro atoms. The number of amides is 1. The number of aromatic nitrogens is 5. The predicted molar refractivity (Wildman–Crippen MR) is 125 cm³/mol. The molecule has 4 aromatic rings. The molecule has 0 saturated carbocycles. The zero-order chi connectivity index (χ0) is 26.9. The van der Waals surface area contributed by atoms with Crippen LogP contribution in [0.4, 0.5) is 23.2 Å². The van der Waals surface area contributed by atoms with E-state index in [9.17, 15) is 22.4 Å². The van der Waals surface area contributed by atoms with Gasteiger partial charge < -0.3 is 15.5 Å². The zero-order valence-electron chi connectivity index (χ0n) is 20.0. The van der Waals surface area contributed by atoms with Gasteiger partial charge in [-0.2, -0.15) is 8.78 Å². The maximum absolute atomic E-state index is 14.7. The van der Waals surface area contributed by atoms with Crippen molar-refractivity contribution >= 4 is 11.6 Å². The Hall–Kier alpha value is -4.13. The van der Waals surface area contributed by atoms with E-state index in [1.807, 2.05) is 20.8 Å². The molecule has 3 N–H and O–H groups in total. The summed E-state index contributed by atoms with van der Waals surface area (Å²) >= 11 is 0. The lowest BCUT2D eigenvalue weighted by atomic mass is 9.87. The first-order chi connectivity index (χ1) is 17.4. The Balaban J connectivity index is 1.51. The molecule has 0 saturated heterocycles. The fourth-order valence-electron chi connectivity index (χ4n) is 3.36. The van der Waals surface area contributed by atoms with Crippen molar-refractivity contribution < 1.29 is 26.8 Å². The second-order valence-corrected chi connectivity index (χ2v) is 9.38. The van der Waals surface area contributed by atoms with E-state index in [-0.39, 0.29) is 23.6 Å². The van der Waals surface area contributed by atoms with Crippen LogP contribution in [0, 0.1) is 17.0 Å². The van der Waals surface area contributed by atoms with Crippen LogP contribution < -0.4 is 11.1 Å². The average molecular weight is 517 g/mol. The summed E-state index contributed by atoms with van der Waals surface area (Å²) < 4.78 is 60.7. The summed E-state index contributed by atoms with van der Waals surface area (Å²) in [6, 6.07) is 7.92. The number of benzene rings is 2. The average Bonchev–Trinajstić information content (AvgIpc) is 3.51. The largest absolute Gasteiger partial charge is 0.415 e. The van der Waals surface area contributed by atoms with Gasteiger partial charge in [0.2, 0.25) is 11.8 Å². The molecule has 0 radical (unpaired) electrons. The topological polar surface area (TPSA) is 125 Å². The molecule has 0 aliphatic heterocycles. The molecule has 4 rings (SSSR count). The van der Waals surface area contributed by atoms with Gasteiger partial charge in [0.15, 0.2) is 0 Å². The molecule has 1 unspecified atom stereocenters. The van der Waals surface area contributed by atoms with Crippen molar-refractivity contribution in [1.29, 1.82) is 0 Å². The van der Waals surface area contributed by atoms with Crippen molar-refractivity contribution in [3.05, 3.63) is 65.7 Å². The number of rotatable bonds is 7. The molecule has 2 heterocycles. The summed E-state index contributed by atoms with van der Waals surface area (Å²) in [5.41, 5.74) is 6.59. The monoisotopic (exact) mass is 517 g/mol. The van der Waals surface area contributed by atoms with Crippen LogP contribution in [0.1, 0.15) is 38.7 Å². The smallest absolute Gasteiger partial charge is 0.314 e. The van der Waals surface area contributed by atoms with E-state index in [0.29, 0.717) is 16.9 Å². The van der Waals surface area contributed by atoms with Gasteiger partial charge in [-0.3, -0.25) is 4.79 Å². The highest BCUT2D eigenvalue weighted by atomic mass is 19.3. The highest BCUT2D eigenvalue weighted by molar-refractivity contribution is 5.95. The van der Waals surface area contributed by atoms with Crippen LogP contribution in [0.5, 0.6) is 0 Å². The summed E-state index contributed by atoms with van der Waals surface area (Å²) in [5.74, 6) is -3.63. The van der Waals surface area contributed by atoms with E-state index in [4.69, 9.17) is 10.2 Å². The number of anilines is 1. The molecular weight excluding hydrogens is 494 g/mol. The molecule has 194 valence electrons.